The van der Waals surface area contributed by atoms with Crippen LogP contribution in [0.25, 0.3) is 16.9 Å². The Morgan fingerprint density at radius 3 is 1.77 bits per heavy atom. The van der Waals surface area contributed by atoms with Gasteiger partial charge in [0, 0.05) is 22.8 Å². The molecule has 0 N–H and O–H groups in total. The molecule has 0 radical (unpaired) electrons. The zero-order valence-electron chi connectivity index (χ0n) is 22.1. The van der Waals surface area contributed by atoms with E-state index < -0.39 is 0 Å². The molecule has 194 valence electrons. The van der Waals surface area contributed by atoms with Gasteiger partial charge in [-0.3, -0.25) is 0 Å². The number of aryl methyl sites for hydroxylation is 2. The van der Waals surface area contributed by atoms with Crippen LogP contribution in [0.1, 0.15) is 88.0 Å². The predicted molar refractivity (Wildman–Crippen MR) is 142 cm³/mol. The molecule has 5 heteroatoms. The van der Waals surface area contributed by atoms with Crippen LogP contribution in [-0.2, 0) is 35.7 Å². The average molecular weight is 521 g/mol. The SMILES string of the molecule is CCCCC1=C(c2cccc(CCCC)c2)[N+](=[N-])C(c2cccc(CCCC)c2)=C1.C[O][Ni][O]C. The summed E-state index contributed by atoms with van der Waals surface area (Å²) in [4.78, 5) is 0. The molecule has 1 aliphatic rings. The number of hydrogen-bond acceptors (Lipinski definition) is 2. The van der Waals surface area contributed by atoms with Crippen LogP contribution in [0.4, 0.5) is 0 Å². The summed E-state index contributed by atoms with van der Waals surface area (Å²) in [5.41, 5.74) is 19.3. The van der Waals surface area contributed by atoms with Gasteiger partial charge in [-0.1, -0.05) is 64.3 Å². The van der Waals surface area contributed by atoms with Crippen LogP contribution < -0.4 is 0 Å². The fraction of sp³-hybridized carbons (Fsp3) is 0.467. The molecule has 0 saturated carbocycles. The van der Waals surface area contributed by atoms with E-state index in [1.165, 1.54) is 47.1 Å². The maximum atomic E-state index is 11.3. The Balaban J connectivity index is 0.000000784. The van der Waals surface area contributed by atoms with E-state index in [-0.39, 0.29) is 0 Å². The molecule has 0 saturated heterocycles. The molecule has 3 rings (SSSR count). The number of unbranched alkanes of at least 4 members (excludes halogenated alkanes) is 3. The van der Waals surface area contributed by atoms with Crippen LogP contribution in [-0.4, -0.2) is 18.9 Å². The summed E-state index contributed by atoms with van der Waals surface area (Å²) in [6.45, 7) is 6.68. The summed E-state index contributed by atoms with van der Waals surface area (Å²) < 4.78 is 10.2. The van der Waals surface area contributed by atoms with Gasteiger partial charge in [-0.05, 0) is 73.9 Å². The number of hydrogen-bond donors (Lipinski definition) is 0. The normalized spacial score (nSPS) is 13.2. The molecule has 0 spiro atoms. The fourth-order valence-electron chi connectivity index (χ4n) is 4.20. The monoisotopic (exact) mass is 520 g/mol. The molecule has 2 aromatic carbocycles. The van der Waals surface area contributed by atoms with Crippen LogP contribution in [0.3, 0.4) is 0 Å². The molecule has 0 aromatic heterocycles. The summed E-state index contributed by atoms with van der Waals surface area (Å²) in [6.07, 6.45) is 12.4. The van der Waals surface area contributed by atoms with Crippen molar-refractivity contribution in [3.63, 3.8) is 0 Å². The van der Waals surface area contributed by atoms with Gasteiger partial charge >= 0.3 is 37.1 Å². The molecule has 0 aliphatic carbocycles. The van der Waals surface area contributed by atoms with Gasteiger partial charge in [0.1, 0.15) is 0 Å². The summed E-state index contributed by atoms with van der Waals surface area (Å²) >= 11 is 0.819. The minimum absolute atomic E-state index is 0.819. The first-order valence-electron chi connectivity index (χ1n) is 12.9. The third-order valence-corrected chi connectivity index (χ3v) is 6.35. The zero-order valence-corrected chi connectivity index (χ0v) is 23.1. The Hall–Kier alpha value is -2.07. The predicted octanol–water partition coefficient (Wildman–Crippen LogP) is 8.55. The standard InChI is InChI=1S/C28H36N2.2CH3O.Ni/c1-4-7-12-22-14-10-17-24(19-22)27-21-26(16-9-6-3)28(30(27)29)25-18-11-15-23(20-25)13-8-5-2;2*1-2;/h10-11,14-15,17-21H,4-9,12-13,16H2,1-3H3;2*1H3;/q;2*-1;+2. The number of benzene rings is 2. The van der Waals surface area contributed by atoms with Crippen molar-refractivity contribution in [2.45, 2.75) is 78.6 Å². The molecule has 35 heavy (non-hydrogen) atoms. The van der Waals surface area contributed by atoms with Crippen molar-refractivity contribution in [2.24, 2.45) is 0 Å². The molecule has 2 aromatic rings. The molecule has 0 amide bonds. The minimum atomic E-state index is 0.819. The van der Waals surface area contributed by atoms with Crippen LogP contribution in [0.15, 0.2) is 60.2 Å². The molecule has 0 atom stereocenters. The molecule has 0 bridgehead atoms. The van der Waals surface area contributed by atoms with E-state index in [0.29, 0.717) is 0 Å². The van der Waals surface area contributed by atoms with E-state index >= 15 is 0 Å². The van der Waals surface area contributed by atoms with E-state index in [1.54, 1.807) is 14.2 Å². The molecule has 1 aliphatic heterocycles. The number of rotatable bonds is 13. The van der Waals surface area contributed by atoms with Gasteiger partial charge in [0.2, 0.25) is 11.4 Å². The van der Waals surface area contributed by atoms with Gasteiger partial charge in [0.05, 0.1) is 0 Å². The van der Waals surface area contributed by atoms with Crippen molar-refractivity contribution in [3.8, 4) is 0 Å². The Kier molecular flexibility index (Phi) is 13.8. The summed E-state index contributed by atoms with van der Waals surface area (Å²) in [5, 5.41) is 0. The Labute approximate surface area is 219 Å². The first-order chi connectivity index (χ1) is 17.1. The van der Waals surface area contributed by atoms with Gasteiger partial charge in [-0.2, -0.15) is 0 Å². The third-order valence-electron chi connectivity index (χ3n) is 6.02. The van der Waals surface area contributed by atoms with E-state index in [0.717, 1.165) is 69.7 Å². The van der Waals surface area contributed by atoms with Crippen molar-refractivity contribution < 1.29 is 27.5 Å². The molecule has 1 heterocycles. The Bertz CT molecular complexity index is 995. The third kappa shape index (κ3) is 9.15. The zero-order chi connectivity index (χ0) is 25.5. The van der Waals surface area contributed by atoms with Crippen LogP contribution in [0.5, 0.6) is 0 Å². The van der Waals surface area contributed by atoms with Crippen molar-refractivity contribution >= 4 is 11.4 Å². The van der Waals surface area contributed by atoms with Crippen molar-refractivity contribution in [1.29, 1.82) is 0 Å². The number of allylic oxidation sites excluding steroid dienone is 2. The van der Waals surface area contributed by atoms with E-state index in [9.17, 15) is 5.53 Å². The van der Waals surface area contributed by atoms with Crippen molar-refractivity contribution in [1.82, 2.24) is 0 Å². The molecular weight excluding hydrogens is 479 g/mol. The molecule has 0 fully saturated rings. The van der Waals surface area contributed by atoms with Gasteiger partial charge in [0.25, 0.3) is 0 Å². The topological polar surface area (TPSA) is 43.8 Å². The van der Waals surface area contributed by atoms with Gasteiger partial charge in [-0.25, -0.2) is 4.70 Å². The van der Waals surface area contributed by atoms with Crippen LogP contribution >= 0.6 is 0 Å². The summed E-state index contributed by atoms with van der Waals surface area (Å²) in [5.74, 6) is 0. The Morgan fingerprint density at radius 2 is 1.26 bits per heavy atom. The van der Waals surface area contributed by atoms with Gasteiger partial charge < -0.3 is 5.53 Å². The van der Waals surface area contributed by atoms with Gasteiger partial charge in [-0.15, -0.1) is 0 Å². The quantitative estimate of drug-likeness (QED) is 0.196. The van der Waals surface area contributed by atoms with Gasteiger partial charge in [0.15, 0.2) is 0 Å². The molecular formula is C30H42N2NiO2. The fourth-order valence-corrected chi connectivity index (χ4v) is 4.36. The first kappa shape index (κ1) is 29.2. The number of nitrogens with zero attached hydrogens (tertiary/aromatic N) is 2. The first-order valence-corrected chi connectivity index (χ1v) is 13.7. The van der Waals surface area contributed by atoms with Crippen LogP contribution in [0.2, 0.25) is 0 Å². The van der Waals surface area contributed by atoms with E-state index in [2.05, 4.69) is 83.1 Å². The van der Waals surface area contributed by atoms with E-state index in [1.807, 2.05) is 0 Å². The van der Waals surface area contributed by atoms with Crippen LogP contribution in [0, 0.1) is 0 Å². The van der Waals surface area contributed by atoms with Crippen molar-refractivity contribution in [2.75, 3.05) is 14.2 Å². The summed E-state index contributed by atoms with van der Waals surface area (Å²) in [7, 11) is 3.12. The molecule has 4 nitrogen and oxygen atoms in total. The average Bonchev–Trinajstić information content (AvgIpc) is 3.22. The summed E-state index contributed by atoms with van der Waals surface area (Å²) in [6, 6.07) is 17.4. The molecule has 0 unspecified atom stereocenters. The second-order valence-corrected chi connectivity index (χ2v) is 9.71. The second kappa shape index (κ2) is 16.6. The second-order valence-electron chi connectivity index (χ2n) is 8.74. The Morgan fingerprint density at radius 1 is 0.743 bits per heavy atom. The van der Waals surface area contributed by atoms with Crippen molar-refractivity contribution in [3.05, 3.63) is 88.0 Å². The maximum absolute atomic E-state index is 11.3. The van der Waals surface area contributed by atoms with E-state index in [4.69, 9.17) is 0 Å².